The van der Waals surface area contributed by atoms with Crippen LogP contribution >= 0.6 is 0 Å². The number of aliphatic carboxylic acids is 1. The molecule has 1 N–H and O–H groups in total. The van der Waals surface area contributed by atoms with Gasteiger partial charge in [-0.1, -0.05) is 0 Å². The van der Waals surface area contributed by atoms with Crippen LogP contribution in [-0.4, -0.2) is 40.6 Å². The molecule has 1 aromatic heterocycles. The molecule has 0 radical (unpaired) electrons. The molecule has 4 heterocycles. The summed E-state index contributed by atoms with van der Waals surface area (Å²) in [7, 11) is 0. The molecule has 0 saturated carbocycles. The van der Waals surface area contributed by atoms with Gasteiger partial charge in [0, 0.05) is 24.4 Å². The lowest BCUT2D eigenvalue weighted by molar-refractivity contribution is -0.155. The maximum atomic E-state index is 12.9. The first kappa shape index (κ1) is 13.8. The van der Waals surface area contributed by atoms with E-state index >= 15 is 0 Å². The van der Waals surface area contributed by atoms with Gasteiger partial charge >= 0.3 is 5.97 Å². The molecule has 1 amide bonds. The Labute approximate surface area is 128 Å². The number of carbonyl (C=O) groups excluding carboxylic acids is 1. The average molecular weight is 305 g/mol. The summed E-state index contributed by atoms with van der Waals surface area (Å²) in [5, 5.41) is 9.58. The van der Waals surface area contributed by atoms with Crippen LogP contribution in [0.4, 0.5) is 0 Å². The zero-order valence-corrected chi connectivity index (χ0v) is 12.2. The van der Waals surface area contributed by atoms with Crippen molar-refractivity contribution < 1.29 is 23.8 Å². The molecule has 2 unspecified atom stereocenters. The van der Waals surface area contributed by atoms with Crippen LogP contribution in [-0.2, 0) is 20.7 Å². The van der Waals surface area contributed by atoms with Crippen molar-refractivity contribution in [1.82, 2.24) is 4.90 Å². The zero-order chi connectivity index (χ0) is 15.3. The fourth-order valence-corrected chi connectivity index (χ4v) is 4.11. The summed E-state index contributed by atoms with van der Waals surface area (Å²) in [5.41, 5.74) is 0.613. The molecule has 0 aromatic carbocycles. The van der Waals surface area contributed by atoms with Crippen LogP contribution in [0.25, 0.3) is 0 Å². The van der Waals surface area contributed by atoms with E-state index in [1.165, 1.54) is 11.2 Å². The van der Waals surface area contributed by atoms with Crippen molar-refractivity contribution in [1.29, 1.82) is 0 Å². The summed E-state index contributed by atoms with van der Waals surface area (Å²) in [6, 6.07) is 0.747. The second kappa shape index (κ2) is 5.12. The number of hydrogen-bond donors (Lipinski definition) is 1. The number of carboxylic acids is 1. The Morgan fingerprint density at radius 3 is 2.64 bits per heavy atom. The monoisotopic (exact) mass is 305 g/mol. The maximum Gasteiger partial charge on any atom is 0.331 e. The SMILES string of the molecule is O=C(O)C1c2ccoc2CCN1C(=O)C1C[C@H]2CC[C@@H](C1)O2. The van der Waals surface area contributed by atoms with Gasteiger partial charge in [-0.25, -0.2) is 4.79 Å². The van der Waals surface area contributed by atoms with E-state index in [9.17, 15) is 14.7 Å². The highest BCUT2D eigenvalue weighted by Crippen LogP contribution is 2.39. The Hall–Kier alpha value is -1.82. The molecule has 4 atom stereocenters. The van der Waals surface area contributed by atoms with Gasteiger partial charge < -0.3 is 19.2 Å². The van der Waals surface area contributed by atoms with E-state index in [0.717, 1.165) is 25.7 Å². The predicted octanol–water partition coefficient (Wildman–Crippen LogP) is 1.75. The number of carbonyl (C=O) groups is 2. The number of nitrogens with zero attached hydrogens (tertiary/aromatic N) is 1. The van der Waals surface area contributed by atoms with E-state index in [4.69, 9.17) is 9.15 Å². The highest BCUT2D eigenvalue weighted by molar-refractivity contribution is 5.86. The number of carboxylic acid groups (broad SMARTS) is 1. The van der Waals surface area contributed by atoms with E-state index in [1.807, 2.05) is 0 Å². The van der Waals surface area contributed by atoms with Gasteiger partial charge in [0.25, 0.3) is 0 Å². The molecular formula is C16H19NO5. The van der Waals surface area contributed by atoms with Crippen molar-refractivity contribution in [3.63, 3.8) is 0 Å². The normalized spacial score (nSPS) is 33.5. The summed E-state index contributed by atoms with van der Waals surface area (Å²) in [6.07, 6.45) is 5.89. The van der Waals surface area contributed by atoms with E-state index in [0.29, 0.717) is 24.3 Å². The van der Waals surface area contributed by atoms with Crippen molar-refractivity contribution >= 4 is 11.9 Å². The first-order chi connectivity index (χ1) is 10.6. The molecule has 0 aliphatic carbocycles. The Bertz CT molecular complexity index is 597. The lowest BCUT2D eigenvalue weighted by atomic mass is 9.91. The van der Waals surface area contributed by atoms with Crippen LogP contribution in [0.5, 0.6) is 0 Å². The van der Waals surface area contributed by atoms with Gasteiger partial charge in [0.1, 0.15) is 5.76 Å². The average Bonchev–Trinajstić information content (AvgIpc) is 3.11. The molecule has 4 rings (SSSR count). The summed E-state index contributed by atoms with van der Waals surface area (Å²) in [6.45, 7) is 0.406. The second-order valence-corrected chi connectivity index (χ2v) is 6.45. The number of furan rings is 1. The molecule has 0 spiro atoms. The number of hydrogen-bond acceptors (Lipinski definition) is 4. The maximum absolute atomic E-state index is 12.9. The molecule has 6 nitrogen and oxygen atoms in total. The molecule has 2 bridgehead atoms. The smallest absolute Gasteiger partial charge is 0.331 e. The number of amides is 1. The molecule has 6 heteroatoms. The summed E-state index contributed by atoms with van der Waals surface area (Å²) >= 11 is 0. The highest BCUT2D eigenvalue weighted by Gasteiger charge is 2.44. The van der Waals surface area contributed by atoms with Gasteiger partial charge in [-0.15, -0.1) is 0 Å². The number of fused-ring (bicyclic) bond motifs is 3. The van der Waals surface area contributed by atoms with Crippen molar-refractivity contribution in [3.8, 4) is 0 Å². The third kappa shape index (κ3) is 2.13. The number of rotatable bonds is 2. The summed E-state index contributed by atoms with van der Waals surface area (Å²) < 4.78 is 11.1. The van der Waals surface area contributed by atoms with Crippen LogP contribution in [0.15, 0.2) is 16.7 Å². The molecule has 2 saturated heterocycles. The van der Waals surface area contributed by atoms with Crippen LogP contribution in [0.2, 0.25) is 0 Å². The molecule has 118 valence electrons. The first-order valence-electron chi connectivity index (χ1n) is 7.88. The van der Waals surface area contributed by atoms with Gasteiger partial charge in [-0.05, 0) is 31.7 Å². The Morgan fingerprint density at radius 1 is 1.23 bits per heavy atom. The summed E-state index contributed by atoms with van der Waals surface area (Å²) in [4.78, 5) is 26.1. The minimum Gasteiger partial charge on any atom is -0.479 e. The first-order valence-corrected chi connectivity index (χ1v) is 7.88. The highest BCUT2D eigenvalue weighted by atomic mass is 16.5. The van der Waals surface area contributed by atoms with Gasteiger partial charge in [-0.3, -0.25) is 4.79 Å². The third-order valence-corrected chi connectivity index (χ3v) is 5.12. The zero-order valence-electron chi connectivity index (χ0n) is 12.2. The van der Waals surface area contributed by atoms with Crippen molar-refractivity contribution in [2.45, 2.75) is 50.4 Å². The quantitative estimate of drug-likeness (QED) is 0.900. The summed E-state index contributed by atoms with van der Waals surface area (Å²) in [5.74, 6) is -0.463. The lowest BCUT2D eigenvalue weighted by Crippen LogP contribution is -2.47. The van der Waals surface area contributed by atoms with Crippen LogP contribution in [0.3, 0.4) is 0 Å². The van der Waals surface area contributed by atoms with Gasteiger partial charge in [0.05, 0.1) is 18.5 Å². The van der Waals surface area contributed by atoms with E-state index in [1.54, 1.807) is 6.07 Å². The Kier molecular flexibility index (Phi) is 3.22. The fourth-order valence-electron chi connectivity index (χ4n) is 4.11. The molecule has 22 heavy (non-hydrogen) atoms. The minimum absolute atomic E-state index is 0.0422. The molecule has 3 aliphatic rings. The van der Waals surface area contributed by atoms with Gasteiger partial charge in [0.2, 0.25) is 5.91 Å². The third-order valence-electron chi connectivity index (χ3n) is 5.12. The fraction of sp³-hybridized carbons (Fsp3) is 0.625. The largest absolute Gasteiger partial charge is 0.479 e. The molecular weight excluding hydrogens is 286 g/mol. The van der Waals surface area contributed by atoms with Crippen LogP contribution in [0, 0.1) is 5.92 Å². The van der Waals surface area contributed by atoms with Crippen LogP contribution < -0.4 is 0 Å². The van der Waals surface area contributed by atoms with Crippen molar-refractivity contribution in [2.24, 2.45) is 5.92 Å². The van der Waals surface area contributed by atoms with E-state index in [2.05, 4.69) is 0 Å². The van der Waals surface area contributed by atoms with Crippen molar-refractivity contribution in [2.75, 3.05) is 6.54 Å². The van der Waals surface area contributed by atoms with E-state index in [-0.39, 0.29) is 24.0 Å². The minimum atomic E-state index is -0.995. The topological polar surface area (TPSA) is 80.0 Å². The van der Waals surface area contributed by atoms with Crippen LogP contribution in [0.1, 0.15) is 43.0 Å². The van der Waals surface area contributed by atoms with E-state index < -0.39 is 12.0 Å². The molecule has 3 aliphatic heterocycles. The lowest BCUT2D eigenvalue weighted by Gasteiger charge is -2.37. The Morgan fingerprint density at radius 2 is 1.95 bits per heavy atom. The standard InChI is InChI=1S/C16H19NO5/c18-15(9-7-10-1-2-11(8-9)22-10)17-5-3-13-12(4-6-21-13)14(17)16(19)20/h4,6,9-11,14H,1-3,5,7-8H2,(H,19,20)/t9?,10-,11+,14?. The number of ether oxygens (including phenoxy) is 1. The molecule has 1 aromatic rings. The van der Waals surface area contributed by atoms with Gasteiger partial charge in [0.15, 0.2) is 6.04 Å². The molecule has 2 fully saturated rings. The Balaban J connectivity index is 1.58. The second-order valence-electron chi connectivity index (χ2n) is 6.45. The van der Waals surface area contributed by atoms with Gasteiger partial charge in [-0.2, -0.15) is 0 Å². The predicted molar refractivity (Wildman–Crippen MR) is 75.1 cm³/mol. The van der Waals surface area contributed by atoms with Crippen molar-refractivity contribution in [3.05, 3.63) is 23.7 Å².